The van der Waals surface area contributed by atoms with E-state index < -0.39 is 35.6 Å². The minimum absolute atomic E-state index is 0.171. The predicted octanol–water partition coefficient (Wildman–Crippen LogP) is 4.60. The molecule has 0 aromatic heterocycles. The lowest BCUT2D eigenvalue weighted by atomic mass is 9.70. The molecule has 3 heterocycles. The van der Waals surface area contributed by atoms with Crippen LogP contribution in [0.3, 0.4) is 0 Å². The van der Waals surface area contributed by atoms with Crippen LogP contribution in [0.5, 0.6) is 11.5 Å². The first-order chi connectivity index (χ1) is 22.6. The quantitative estimate of drug-likeness (QED) is 0.226. The van der Waals surface area contributed by atoms with Gasteiger partial charge in [-0.3, -0.25) is 14.4 Å². The number of likely N-dealkylation sites (tertiary alicyclic amines) is 1. The first-order valence-corrected chi connectivity index (χ1v) is 17.0. The van der Waals surface area contributed by atoms with Crippen molar-refractivity contribution in [3.8, 4) is 11.5 Å². The molecule has 2 aromatic rings. The zero-order chi connectivity index (χ0) is 34.0. The second-order valence-electron chi connectivity index (χ2n) is 12.5. The van der Waals surface area contributed by atoms with E-state index in [2.05, 4.69) is 29.1 Å². The molecule has 252 valence electrons. The Morgan fingerprint density at radius 2 is 1.60 bits per heavy atom. The highest BCUT2D eigenvalue weighted by Crippen LogP contribution is 2.61. The van der Waals surface area contributed by atoms with Crippen LogP contribution in [0.4, 0.5) is 11.4 Å². The average Bonchev–Trinajstić information content (AvgIpc) is 3.66. The van der Waals surface area contributed by atoms with Gasteiger partial charge in [-0.05, 0) is 67.8 Å². The number of fused-ring (bicyclic) bond motifs is 1. The number of nitrogens with zero attached hydrogens (tertiary/aromatic N) is 3. The van der Waals surface area contributed by atoms with Gasteiger partial charge in [0.05, 0.1) is 44.3 Å². The Kier molecular flexibility index (Phi) is 10.5. The number of carbonyl (C=O) groups is 3. The van der Waals surface area contributed by atoms with Gasteiger partial charge in [0, 0.05) is 29.3 Å². The molecule has 0 aliphatic carbocycles. The Morgan fingerprint density at radius 3 is 2.09 bits per heavy atom. The molecule has 3 fully saturated rings. The summed E-state index contributed by atoms with van der Waals surface area (Å²) in [5.41, 5.74) is -0.0835. The highest BCUT2D eigenvalue weighted by Gasteiger charge is 2.77. The molecule has 3 aliphatic rings. The predicted molar refractivity (Wildman–Crippen MR) is 184 cm³/mol. The first kappa shape index (κ1) is 34.7. The van der Waals surface area contributed by atoms with E-state index in [1.807, 2.05) is 20.8 Å². The van der Waals surface area contributed by atoms with E-state index in [0.717, 1.165) is 0 Å². The van der Waals surface area contributed by atoms with Crippen molar-refractivity contribution in [3.05, 3.63) is 73.8 Å². The number of aliphatic hydroxyl groups is 1. The smallest absolute Gasteiger partial charge is 0.253 e. The average molecular weight is 711 g/mol. The lowest BCUT2D eigenvalue weighted by Crippen LogP contribution is -2.60. The number of amides is 3. The third-order valence-electron chi connectivity index (χ3n) is 9.56. The molecular weight excluding hydrogens is 666 g/mol. The monoisotopic (exact) mass is 709 g/mol. The number of benzene rings is 2. The fourth-order valence-electron chi connectivity index (χ4n) is 7.49. The van der Waals surface area contributed by atoms with Gasteiger partial charge in [0.15, 0.2) is 0 Å². The maximum atomic E-state index is 14.9. The van der Waals surface area contributed by atoms with Crippen LogP contribution in [0.2, 0.25) is 0 Å². The van der Waals surface area contributed by atoms with E-state index in [0.29, 0.717) is 35.9 Å². The normalized spacial score (nSPS) is 26.6. The Labute approximate surface area is 285 Å². The summed E-state index contributed by atoms with van der Waals surface area (Å²) in [5, 5.41) is 10.6. The molecule has 3 unspecified atom stereocenters. The van der Waals surface area contributed by atoms with E-state index in [-0.39, 0.29) is 48.2 Å². The van der Waals surface area contributed by atoms with Crippen LogP contribution in [-0.4, -0.2) is 89.8 Å². The summed E-state index contributed by atoms with van der Waals surface area (Å²) in [7, 11) is 1.57. The fraction of sp³-hybridized carbons (Fsp3) is 0.472. The van der Waals surface area contributed by atoms with Crippen LogP contribution in [0.15, 0.2) is 73.8 Å². The molecule has 1 N–H and O–H groups in total. The molecule has 3 aliphatic heterocycles. The van der Waals surface area contributed by atoms with Crippen molar-refractivity contribution in [2.75, 3.05) is 43.2 Å². The third kappa shape index (κ3) is 5.98. The summed E-state index contributed by atoms with van der Waals surface area (Å²) in [6.07, 6.45) is 2.96. The molecule has 1 spiro atoms. The molecule has 2 bridgehead atoms. The Hall–Kier alpha value is -3.67. The minimum Gasteiger partial charge on any atom is -0.497 e. The minimum atomic E-state index is -1.31. The zero-order valence-electron chi connectivity index (χ0n) is 27.4. The molecule has 3 saturated heterocycles. The van der Waals surface area contributed by atoms with E-state index >= 15 is 0 Å². The molecule has 0 saturated carbocycles. The molecular formula is C36H44BrN3O7. The number of aliphatic hydroxyl groups excluding tert-OH is 1. The van der Waals surface area contributed by atoms with Gasteiger partial charge in [0.1, 0.15) is 23.1 Å². The summed E-state index contributed by atoms with van der Waals surface area (Å²) < 4.78 is 17.7. The van der Waals surface area contributed by atoms with E-state index in [1.165, 1.54) is 4.90 Å². The molecule has 11 heteroatoms. The van der Waals surface area contributed by atoms with Crippen LogP contribution in [0.1, 0.15) is 27.2 Å². The number of alkyl halides is 1. The van der Waals surface area contributed by atoms with Gasteiger partial charge >= 0.3 is 0 Å². The van der Waals surface area contributed by atoms with Crippen molar-refractivity contribution in [3.63, 3.8) is 0 Å². The van der Waals surface area contributed by atoms with Crippen LogP contribution in [-0.2, 0) is 19.1 Å². The second kappa shape index (κ2) is 14.2. The standard InChI is InChI=1S/C36H44BrN3O7/c1-7-18-38(23-12-16-26(17-13-23)46-9-3)33(42)29-30-34(43)40(28(21-41)22(4)5)32(36(30)20-27(37)31(29)47-36)35(44)39(19-8-2)24-10-14-25(45-6)15-11-24/h7-8,10-17,22,27-32,41H,1-2,9,18-21H2,3-6H3/t27?,28-,29+,30-,31+,32?,36?/m0/s1. The third-order valence-corrected chi connectivity index (χ3v) is 10.4. The Morgan fingerprint density at radius 1 is 1.04 bits per heavy atom. The van der Waals surface area contributed by atoms with Crippen LogP contribution in [0.25, 0.3) is 0 Å². The number of halogens is 1. The van der Waals surface area contributed by atoms with Crippen molar-refractivity contribution < 1.29 is 33.7 Å². The maximum absolute atomic E-state index is 14.9. The van der Waals surface area contributed by atoms with Gasteiger partial charge in [-0.15, -0.1) is 13.2 Å². The Balaban J connectivity index is 1.60. The summed E-state index contributed by atoms with van der Waals surface area (Å²) in [6, 6.07) is 12.5. The lowest BCUT2D eigenvalue weighted by Gasteiger charge is -2.40. The van der Waals surface area contributed by atoms with Crippen molar-refractivity contribution >= 4 is 45.0 Å². The largest absolute Gasteiger partial charge is 0.497 e. The molecule has 0 radical (unpaired) electrons. The van der Waals surface area contributed by atoms with Gasteiger partial charge in [-0.25, -0.2) is 0 Å². The molecule has 5 rings (SSSR count). The van der Waals surface area contributed by atoms with Gasteiger partial charge in [0.25, 0.3) is 5.91 Å². The van der Waals surface area contributed by atoms with Crippen LogP contribution < -0.4 is 19.3 Å². The van der Waals surface area contributed by atoms with Crippen molar-refractivity contribution in [2.45, 2.75) is 55.8 Å². The SMILES string of the molecule is C=CCN(C(=O)C1N([C@@H](CO)C(C)C)C(=O)[C@@H]2[C@@H](C(=O)N(CC=C)c3ccc(OCC)cc3)[C@@H]3OC12CC3Br)c1ccc(OC)cc1. The van der Waals surface area contributed by atoms with Gasteiger partial charge < -0.3 is 34.0 Å². The number of carbonyl (C=O) groups excluding carboxylic acids is 3. The first-order valence-electron chi connectivity index (χ1n) is 16.0. The zero-order valence-corrected chi connectivity index (χ0v) is 29.0. The van der Waals surface area contributed by atoms with Crippen molar-refractivity contribution in [2.24, 2.45) is 17.8 Å². The number of ether oxygens (including phenoxy) is 3. The van der Waals surface area contributed by atoms with Crippen LogP contribution >= 0.6 is 15.9 Å². The summed E-state index contributed by atoms with van der Waals surface area (Å²) >= 11 is 3.77. The number of rotatable bonds is 14. The lowest BCUT2D eigenvalue weighted by molar-refractivity contribution is -0.145. The van der Waals surface area contributed by atoms with Gasteiger partial charge in [-0.1, -0.05) is 41.9 Å². The van der Waals surface area contributed by atoms with Gasteiger partial charge in [-0.2, -0.15) is 0 Å². The highest BCUT2D eigenvalue weighted by atomic mass is 79.9. The highest BCUT2D eigenvalue weighted by molar-refractivity contribution is 9.09. The van der Waals surface area contributed by atoms with Crippen LogP contribution in [0, 0.1) is 17.8 Å². The number of anilines is 2. The molecule has 3 amide bonds. The van der Waals surface area contributed by atoms with E-state index in [1.54, 1.807) is 77.6 Å². The van der Waals surface area contributed by atoms with Crippen molar-refractivity contribution in [1.82, 2.24) is 4.90 Å². The van der Waals surface area contributed by atoms with E-state index in [4.69, 9.17) is 14.2 Å². The number of hydrogen-bond donors (Lipinski definition) is 1. The fourth-order valence-corrected chi connectivity index (χ4v) is 8.43. The second-order valence-corrected chi connectivity index (χ2v) is 13.7. The summed E-state index contributed by atoms with van der Waals surface area (Å²) in [4.78, 5) is 48.7. The van der Waals surface area contributed by atoms with Gasteiger partial charge in [0.2, 0.25) is 11.8 Å². The topological polar surface area (TPSA) is 109 Å². The molecule has 10 nitrogen and oxygen atoms in total. The maximum Gasteiger partial charge on any atom is 0.253 e. The Bertz CT molecular complexity index is 1480. The molecule has 7 atom stereocenters. The number of hydrogen-bond acceptors (Lipinski definition) is 7. The van der Waals surface area contributed by atoms with E-state index in [9.17, 15) is 19.5 Å². The summed E-state index contributed by atoms with van der Waals surface area (Å²) in [6.45, 7) is 14.0. The molecule has 2 aromatic carbocycles. The molecule has 47 heavy (non-hydrogen) atoms. The summed E-state index contributed by atoms with van der Waals surface area (Å²) in [5.74, 6) is -1.72. The van der Waals surface area contributed by atoms with Crippen molar-refractivity contribution in [1.29, 1.82) is 0 Å². The number of methoxy groups -OCH3 is 1.